The fraction of sp³-hybridized carbons (Fsp3) is 0.133. The molecule has 2 aromatic carbocycles. The van der Waals surface area contributed by atoms with Crippen molar-refractivity contribution in [3.05, 3.63) is 54.1 Å². The second-order valence-electron chi connectivity index (χ2n) is 4.04. The van der Waals surface area contributed by atoms with E-state index in [9.17, 15) is 4.79 Å². The van der Waals surface area contributed by atoms with Crippen molar-refractivity contribution in [2.45, 2.75) is 6.42 Å². The van der Waals surface area contributed by atoms with Gasteiger partial charge in [-0.3, -0.25) is 4.79 Å². The predicted molar refractivity (Wildman–Crippen MR) is 73.1 cm³/mol. The van der Waals surface area contributed by atoms with E-state index in [4.69, 9.17) is 10.5 Å². The maximum atomic E-state index is 11.3. The first-order chi connectivity index (χ1) is 9.19. The number of carbonyl (C=O) groups is 1. The van der Waals surface area contributed by atoms with E-state index in [1.807, 2.05) is 36.4 Å². The number of hydrogen-bond donors (Lipinski definition) is 1. The molecule has 2 rings (SSSR count). The molecule has 2 aromatic rings. The molecule has 0 heterocycles. The molecule has 4 heteroatoms. The smallest absolute Gasteiger partial charge is 0.310 e. The van der Waals surface area contributed by atoms with Crippen molar-refractivity contribution >= 4 is 11.7 Å². The van der Waals surface area contributed by atoms with E-state index in [1.165, 1.54) is 7.11 Å². The molecule has 0 saturated heterocycles. The topological polar surface area (TPSA) is 61.5 Å². The maximum Gasteiger partial charge on any atom is 0.310 e. The largest absolute Gasteiger partial charge is 0.469 e. The summed E-state index contributed by atoms with van der Waals surface area (Å²) >= 11 is 0. The van der Waals surface area contributed by atoms with Crippen LogP contribution in [0, 0.1) is 0 Å². The second kappa shape index (κ2) is 5.91. The number of esters is 1. The molecule has 0 bridgehead atoms. The Hall–Kier alpha value is -2.49. The average Bonchev–Trinajstić information content (AvgIpc) is 2.41. The Morgan fingerprint density at radius 1 is 1.16 bits per heavy atom. The molecular formula is C15H15NO3. The van der Waals surface area contributed by atoms with Gasteiger partial charge in [-0.2, -0.15) is 0 Å². The van der Waals surface area contributed by atoms with Crippen molar-refractivity contribution in [1.29, 1.82) is 0 Å². The van der Waals surface area contributed by atoms with Crippen molar-refractivity contribution in [1.82, 2.24) is 0 Å². The Balaban J connectivity index is 2.22. The van der Waals surface area contributed by atoms with E-state index in [0.29, 0.717) is 17.2 Å². The molecule has 0 aliphatic rings. The number of nitrogens with two attached hydrogens (primary N) is 1. The van der Waals surface area contributed by atoms with Crippen LogP contribution in [0.4, 0.5) is 5.69 Å². The van der Waals surface area contributed by atoms with Crippen molar-refractivity contribution in [2.75, 3.05) is 12.8 Å². The van der Waals surface area contributed by atoms with E-state index in [-0.39, 0.29) is 12.4 Å². The van der Waals surface area contributed by atoms with Gasteiger partial charge in [-0.1, -0.05) is 24.3 Å². The van der Waals surface area contributed by atoms with Crippen LogP contribution in [0.25, 0.3) is 0 Å². The summed E-state index contributed by atoms with van der Waals surface area (Å²) in [6.07, 6.45) is 0.176. The van der Waals surface area contributed by atoms with Gasteiger partial charge in [0, 0.05) is 17.3 Å². The first-order valence-electron chi connectivity index (χ1n) is 5.87. The third-order valence-electron chi connectivity index (χ3n) is 2.62. The van der Waals surface area contributed by atoms with Gasteiger partial charge in [0.2, 0.25) is 0 Å². The van der Waals surface area contributed by atoms with Crippen LogP contribution in [-0.4, -0.2) is 13.1 Å². The third kappa shape index (κ3) is 3.48. The Morgan fingerprint density at radius 2 is 1.95 bits per heavy atom. The van der Waals surface area contributed by atoms with Crippen LogP contribution >= 0.6 is 0 Å². The SMILES string of the molecule is COC(=O)Cc1ccccc1Oc1cccc(N)c1. The first kappa shape index (κ1) is 13.0. The van der Waals surface area contributed by atoms with Crippen LogP contribution in [0.15, 0.2) is 48.5 Å². The Labute approximate surface area is 111 Å². The van der Waals surface area contributed by atoms with Crippen molar-refractivity contribution in [3.63, 3.8) is 0 Å². The van der Waals surface area contributed by atoms with Gasteiger partial charge in [0.25, 0.3) is 0 Å². The standard InChI is InChI=1S/C15H15NO3/c1-18-15(17)9-11-5-2-3-8-14(11)19-13-7-4-6-12(16)10-13/h2-8,10H,9,16H2,1H3. The highest BCUT2D eigenvalue weighted by atomic mass is 16.5. The van der Waals surface area contributed by atoms with Gasteiger partial charge >= 0.3 is 5.97 Å². The highest BCUT2D eigenvalue weighted by Crippen LogP contribution is 2.26. The molecule has 2 N–H and O–H groups in total. The normalized spacial score (nSPS) is 9.95. The maximum absolute atomic E-state index is 11.3. The molecule has 4 nitrogen and oxygen atoms in total. The summed E-state index contributed by atoms with van der Waals surface area (Å²) in [7, 11) is 1.36. The number of benzene rings is 2. The number of carbonyl (C=O) groups excluding carboxylic acids is 1. The van der Waals surface area contributed by atoms with Crippen LogP contribution in [0.1, 0.15) is 5.56 Å². The van der Waals surface area contributed by atoms with Gasteiger partial charge in [0.1, 0.15) is 11.5 Å². The molecule has 0 unspecified atom stereocenters. The van der Waals surface area contributed by atoms with Crippen LogP contribution in [0.3, 0.4) is 0 Å². The zero-order valence-corrected chi connectivity index (χ0v) is 10.6. The molecule has 19 heavy (non-hydrogen) atoms. The number of ether oxygens (including phenoxy) is 2. The number of methoxy groups -OCH3 is 1. The first-order valence-corrected chi connectivity index (χ1v) is 5.87. The van der Waals surface area contributed by atoms with Crippen LogP contribution < -0.4 is 10.5 Å². The summed E-state index contributed by atoms with van der Waals surface area (Å²) in [5, 5.41) is 0. The van der Waals surface area contributed by atoms with Gasteiger partial charge < -0.3 is 15.2 Å². The zero-order chi connectivity index (χ0) is 13.7. The van der Waals surface area contributed by atoms with Gasteiger partial charge in [0.05, 0.1) is 13.5 Å². The van der Waals surface area contributed by atoms with Gasteiger partial charge in [-0.05, 0) is 18.2 Å². The minimum Gasteiger partial charge on any atom is -0.469 e. The summed E-state index contributed by atoms with van der Waals surface area (Å²) in [5.74, 6) is 0.958. The Morgan fingerprint density at radius 3 is 2.68 bits per heavy atom. The highest BCUT2D eigenvalue weighted by molar-refractivity contribution is 5.73. The summed E-state index contributed by atoms with van der Waals surface area (Å²) in [5.41, 5.74) is 7.10. The van der Waals surface area contributed by atoms with Gasteiger partial charge in [0.15, 0.2) is 0 Å². The lowest BCUT2D eigenvalue weighted by atomic mass is 10.1. The fourth-order valence-electron chi connectivity index (χ4n) is 1.68. The monoisotopic (exact) mass is 257 g/mol. The average molecular weight is 257 g/mol. The van der Waals surface area contributed by atoms with E-state index in [0.717, 1.165) is 5.56 Å². The van der Waals surface area contributed by atoms with Crippen LogP contribution in [0.2, 0.25) is 0 Å². The van der Waals surface area contributed by atoms with Crippen molar-refractivity contribution in [2.24, 2.45) is 0 Å². The summed E-state index contributed by atoms with van der Waals surface area (Å²) in [6.45, 7) is 0. The molecule has 0 spiro atoms. The van der Waals surface area contributed by atoms with E-state index >= 15 is 0 Å². The molecule has 0 aliphatic carbocycles. The molecule has 0 radical (unpaired) electrons. The number of anilines is 1. The molecule has 0 atom stereocenters. The minimum absolute atomic E-state index is 0.176. The van der Waals surface area contributed by atoms with Gasteiger partial charge in [-0.25, -0.2) is 0 Å². The molecule has 98 valence electrons. The number of hydrogen-bond acceptors (Lipinski definition) is 4. The second-order valence-corrected chi connectivity index (χ2v) is 4.04. The number of rotatable bonds is 4. The molecule has 0 amide bonds. The highest BCUT2D eigenvalue weighted by Gasteiger charge is 2.09. The summed E-state index contributed by atoms with van der Waals surface area (Å²) < 4.78 is 10.4. The molecule has 0 aromatic heterocycles. The van der Waals surface area contributed by atoms with E-state index < -0.39 is 0 Å². The Kier molecular flexibility index (Phi) is 4.03. The molecule has 0 aliphatic heterocycles. The minimum atomic E-state index is -0.302. The van der Waals surface area contributed by atoms with Crippen LogP contribution in [0.5, 0.6) is 11.5 Å². The molecular weight excluding hydrogens is 242 g/mol. The van der Waals surface area contributed by atoms with Crippen LogP contribution in [-0.2, 0) is 16.0 Å². The van der Waals surface area contributed by atoms with Gasteiger partial charge in [-0.15, -0.1) is 0 Å². The Bertz CT molecular complexity index is 581. The van der Waals surface area contributed by atoms with E-state index in [2.05, 4.69) is 4.74 Å². The number of para-hydroxylation sites is 1. The summed E-state index contributed by atoms with van der Waals surface area (Å²) in [6, 6.07) is 14.5. The lowest BCUT2D eigenvalue weighted by Crippen LogP contribution is -2.05. The summed E-state index contributed by atoms with van der Waals surface area (Å²) in [4.78, 5) is 11.3. The third-order valence-corrected chi connectivity index (χ3v) is 2.62. The molecule has 0 fully saturated rings. The quantitative estimate of drug-likeness (QED) is 0.675. The molecule has 0 saturated carbocycles. The van der Waals surface area contributed by atoms with E-state index in [1.54, 1.807) is 12.1 Å². The van der Waals surface area contributed by atoms with Crippen molar-refractivity contribution < 1.29 is 14.3 Å². The number of nitrogen functional groups attached to an aromatic ring is 1. The predicted octanol–water partition coefficient (Wildman–Crippen LogP) is 2.78. The fourth-order valence-corrected chi connectivity index (χ4v) is 1.68. The lowest BCUT2D eigenvalue weighted by molar-refractivity contribution is -0.139. The van der Waals surface area contributed by atoms with Crippen molar-refractivity contribution in [3.8, 4) is 11.5 Å². The zero-order valence-electron chi connectivity index (χ0n) is 10.6. The lowest BCUT2D eigenvalue weighted by Gasteiger charge is -2.10.